The van der Waals surface area contributed by atoms with Gasteiger partial charge >= 0.3 is 0 Å². The van der Waals surface area contributed by atoms with Gasteiger partial charge in [-0.05, 0) is 25.1 Å². The van der Waals surface area contributed by atoms with Gasteiger partial charge in [0, 0.05) is 31.2 Å². The van der Waals surface area contributed by atoms with E-state index in [9.17, 15) is 13.2 Å². The van der Waals surface area contributed by atoms with Gasteiger partial charge < -0.3 is 4.90 Å². The Morgan fingerprint density at radius 2 is 1.96 bits per heavy atom. The minimum atomic E-state index is -3.49. The first-order chi connectivity index (χ1) is 11.0. The number of carbonyl (C=O) groups excluding carboxylic acids is 1. The number of sulfonamides is 1. The average Bonchev–Trinajstić information content (AvgIpc) is 2.99. The monoisotopic (exact) mass is 334 g/mol. The predicted octanol–water partition coefficient (Wildman–Crippen LogP) is 1.10. The van der Waals surface area contributed by atoms with E-state index in [-0.39, 0.29) is 19.0 Å². The van der Waals surface area contributed by atoms with Crippen LogP contribution in [0.3, 0.4) is 0 Å². The second-order valence-electron chi connectivity index (χ2n) is 5.54. The number of nitrogens with one attached hydrogen (secondary N) is 1. The van der Waals surface area contributed by atoms with Crippen molar-refractivity contribution in [2.75, 3.05) is 17.8 Å². The zero-order valence-electron chi connectivity index (χ0n) is 12.7. The minimum Gasteiger partial charge on any atom is -0.338 e. The van der Waals surface area contributed by atoms with Crippen molar-refractivity contribution in [3.05, 3.63) is 48.8 Å². The molecule has 1 atom stereocenters. The summed E-state index contributed by atoms with van der Waals surface area (Å²) in [5.41, 5.74) is 0.530. The summed E-state index contributed by atoms with van der Waals surface area (Å²) in [6.07, 6.45) is 3.32. The number of hydrogen-bond acceptors (Lipinski definition) is 4. The van der Waals surface area contributed by atoms with Crippen LogP contribution in [0.25, 0.3) is 0 Å². The normalized spacial score (nSPS) is 16.7. The topological polar surface area (TPSA) is 84.3 Å². The number of rotatable bonds is 5. The molecule has 0 saturated carbocycles. The van der Waals surface area contributed by atoms with Gasteiger partial charge in [-0.25, -0.2) is 8.42 Å². The second kappa shape index (κ2) is 6.04. The molecule has 1 N–H and O–H groups in total. The maximum absolute atomic E-state index is 12.3. The maximum Gasteiger partial charge on any atom is 0.247 e. The molecule has 1 aromatic heterocycles. The van der Waals surface area contributed by atoms with E-state index in [2.05, 4.69) is 9.82 Å². The van der Waals surface area contributed by atoms with Crippen LogP contribution in [0.2, 0.25) is 0 Å². The highest BCUT2D eigenvalue weighted by Crippen LogP contribution is 2.22. The number of carbonyl (C=O) groups is 1. The van der Waals surface area contributed by atoms with E-state index in [0.29, 0.717) is 5.69 Å². The molecule has 1 aromatic carbocycles. The first-order valence-electron chi connectivity index (χ1n) is 7.32. The van der Waals surface area contributed by atoms with Crippen molar-refractivity contribution in [3.63, 3.8) is 0 Å². The molecular formula is C15H18N4O3S. The number of benzene rings is 1. The van der Waals surface area contributed by atoms with Crippen LogP contribution in [0.5, 0.6) is 0 Å². The number of para-hydroxylation sites is 1. The largest absolute Gasteiger partial charge is 0.338 e. The number of nitrogens with zero attached hydrogens (tertiary/aromatic N) is 3. The third-order valence-corrected chi connectivity index (χ3v) is 5.61. The molecule has 23 heavy (non-hydrogen) atoms. The third kappa shape index (κ3) is 3.21. The fraction of sp³-hybridized carbons (Fsp3) is 0.333. The Hall–Kier alpha value is -2.35. The molecule has 3 rings (SSSR count). The highest BCUT2D eigenvalue weighted by molar-refractivity contribution is 7.93. The van der Waals surface area contributed by atoms with Crippen LogP contribution in [-0.2, 0) is 14.8 Å². The van der Waals surface area contributed by atoms with Gasteiger partial charge in [0.1, 0.15) is 11.3 Å². The number of hydrogen-bond donors (Lipinski definition) is 1. The summed E-state index contributed by atoms with van der Waals surface area (Å²) in [4.78, 5) is 13.8. The molecule has 0 aliphatic carbocycles. The standard InChI is InChI=1S/C15H18N4O3S/c1-12(19-9-5-8-16-19)15(20)18-10-14(11-18)23(21,22)17-13-6-3-2-4-7-13/h2-9,12,14,17H,10-11H2,1H3. The van der Waals surface area contributed by atoms with Crippen molar-refractivity contribution < 1.29 is 13.2 Å². The van der Waals surface area contributed by atoms with E-state index in [0.717, 1.165) is 0 Å². The van der Waals surface area contributed by atoms with E-state index in [1.807, 2.05) is 6.07 Å². The molecular weight excluding hydrogens is 316 g/mol. The predicted molar refractivity (Wildman–Crippen MR) is 86.3 cm³/mol. The van der Waals surface area contributed by atoms with Gasteiger partial charge in [0.15, 0.2) is 0 Å². The number of aromatic nitrogens is 2. The van der Waals surface area contributed by atoms with Crippen molar-refractivity contribution in [1.82, 2.24) is 14.7 Å². The van der Waals surface area contributed by atoms with Crippen LogP contribution in [0.4, 0.5) is 5.69 Å². The van der Waals surface area contributed by atoms with Crippen LogP contribution >= 0.6 is 0 Å². The van der Waals surface area contributed by atoms with Crippen molar-refractivity contribution in [2.45, 2.75) is 18.2 Å². The zero-order chi connectivity index (χ0) is 16.4. The van der Waals surface area contributed by atoms with E-state index in [1.165, 1.54) is 0 Å². The van der Waals surface area contributed by atoms with E-state index < -0.39 is 21.3 Å². The number of amides is 1. The molecule has 2 aromatic rings. The molecule has 8 heteroatoms. The van der Waals surface area contributed by atoms with Gasteiger partial charge in [0.05, 0.1) is 0 Å². The summed E-state index contributed by atoms with van der Waals surface area (Å²) < 4.78 is 28.7. The van der Waals surface area contributed by atoms with Crippen molar-refractivity contribution in [3.8, 4) is 0 Å². The van der Waals surface area contributed by atoms with Crippen LogP contribution in [0, 0.1) is 0 Å². The van der Waals surface area contributed by atoms with Crippen molar-refractivity contribution in [1.29, 1.82) is 0 Å². The molecule has 0 bridgehead atoms. The van der Waals surface area contributed by atoms with E-state index >= 15 is 0 Å². The summed E-state index contributed by atoms with van der Waals surface area (Å²) in [5, 5.41) is 3.45. The van der Waals surface area contributed by atoms with Crippen LogP contribution in [0.15, 0.2) is 48.8 Å². The Balaban J connectivity index is 1.59. The SMILES string of the molecule is CC(C(=O)N1CC(S(=O)(=O)Nc2ccccc2)C1)n1cccn1. The summed E-state index contributed by atoms with van der Waals surface area (Å²) in [6.45, 7) is 2.15. The van der Waals surface area contributed by atoms with Gasteiger partial charge in [-0.1, -0.05) is 18.2 Å². The fourth-order valence-electron chi connectivity index (χ4n) is 2.46. The Labute approximate surface area is 135 Å². The van der Waals surface area contributed by atoms with Gasteiger partial charge in [-0.15, -0.1) is 0 Å². The first-order valence-corrected chi connectivity index (χ1v) is 8.86. The van der Waals surface area contributed by atoms with E-state index in [4.69, 9.17) is 0 Å². The highest BCUT2D eigenvalue weighted by Gasteiger charge is 2.41. The molecule has 2 heterocycles. The fourth-order valence-corrected chi connectivity index (χ4v) is 3.84. The van der Waals surface area contributed by atoms with Gasteiger partial charge in [-0.2, -0.15) is 5.10 Å². The van der Waals surface area contributed by atoms with Crippen LogP contribution in [0.1, 0.15) is 13.0 Å². The lowest BCUT2D eigenvalue weighted by molar-refractivity contribution is -0.137. The Morgan fingerprint density at radius 1 is 1.26 bits per heavy atom. The van der Waals surface area contributed by atoms with Gasteiger partial charge in [-0.3, -0.25) is 14.2 Å². The third-order valence-electron chi connectivity index (χ3n) is 3.91. The lowest BCUT2D eigenvalue weighted by Gasteiger charge is -2.39. The molecule has 1 unspecified atom stereocenters. The number of anilines is 1. The molecule has 7 nitrogen and oxygen atoms in total. The Kier molecular flexibility index (Phi) is 4.08. The summed E-state index contributed by atoms with van der Waals surface area (Å²) in [5.74, 6) is -0.125. The van der Waals surface area contributed by atoms with Gasteiger partial charge in [0.25, 0.3) is 0 Å². The van der Waals surface area contributed by atoms with Crippen molar-refractivity contribution >= 4 is 21.6 Å². The summed E-state index contributed by atoms with van der Waals surface area (Å²) >= 11 is 0. The van der Waals surface area contributed by atoms with Crippen LogP contribution in [-0.4, -0.2) is 47.3 Å². The summed E-state index contributed by atoms with van der Waals surface area (Å²) in [7, 11) is -3.49. The zero-order valence-corrected chi connectivity index (χ0v) is 13.5. The quantitative estimate of drug-likeness (QED) is 0.887. The molecule has 122 valence electrons. The molecule has 1 aliphatic heterocycles. The highest BCUT2D eigenvalue weighted by atomic mass is 32.2. The Morgan fingerprint density at radius 3 is 2.57 bits per heavy atom. The molecule has 0 radical (unpaired) electrons. The summed E-state index contributed by atoms with van der Waals surface area (Å²) in [6, 6.07) is 10.0. The van der Waals surface area contributed by atoms with Crippen LogP contribution < -0.4 is 4.72 Å². The lowest BCUT2D eigenvalue weighted by Crippen LogP contribution is -2.59. The lowest BCUT2D eigenvalue weighted by atomic mass is 10.1. The molecule has 0 spiro atoms. The molecule has 1 aliphatic rings. The average molecular weight is 334 g/mol. The maximum atomic E-state index is 12.3. The van der Waals surface area contributed by atoms with Gasteiger partial charge in [0.2, 0.25) is 15.9 Å². The number of likely N-dealkylation sites (tertiary alicyclic amines) is 1. The smallest absolute Gasteiger partial charge is 0.247 e. The minimum absolute atomic E-state index is 0.125. The molecule has 1 fully saturated rings. The first kappa shape index (κ1) is 15.5. The Bertz CT molecular complexity index is 768. The van der Waals surface area contributed by atoms with E-state index in [1.54, 1.807) is 59.2 Å². The molecule has 1 amide bonds. The second-order valence-corrected chi connectivity index (χ2v) is 7.50. The van der Waals surface area contributed by atoms with Crippen molar-refractivity contribution in [2.24, 2.45) is 0 Å². The molecule has 1 saturated heterocycles.